The molecule has 1 unspecified atom stereocenters. The van der Waals surface area contributed by atoms with E-state index in [0.29, 0.717) is 23.6 Å². The third-order valence-electron chi connectivity index (χ3n) is 3.97. The minimum absolute atomic E-state index is 0.153. The van der Waals surface area contributed by atoms with Crippen molar-refractivity contribution in [1.82, 2.24) is 5.32 Å². The van der Waals surface area contributed by atoms with Crippen molar-refractivity contribution in [1.29, 1.82) is 0 Å². The van der Waals surface area contributed by atoms with Gasteiger partial charge in [-0.1, -0.05) is 41.0 Å². The topological polar surface area (TPSA) is 59.9 Å². The van der Waals surface area contributed by atoms with Crippen LogP contribution in [0.3, 0.4) is 0 Å². The van der Waals surface area contributed by atoms with Gasteiger partial charge >= 0.3 is 0 Å². The largest absolute Gasteiger partial charge is 0.497 e. The Morgan fingerprint density at radius 2 is 2.04 bits per heavy atom. The molecule has 2 aromatic carbocycles. The molecular formula is C19H19ClN2O3. The third-order valence-corrected chi connectivity index (χ3v) is 4.30. The number of oxime groups is 1. The predicted molar refractivity (Wildman–Crippen MR) is 97.4 cm³/mol. The Hall–Kier alpha value is -2.53. The van der Waals surface area contributed by atoms with Crippen LogP contribution in [-0.2, 0) is 11.3 Å². The molecule has 2 aromatic rings. The maximum atomic E-state index is 12.2. The lowest BCUT2D eigenvalue weighted by Gasteiger charge is -2.10. The Morgan fingerprint density at radius 1 is 1.28 bits per heavy atom. The summed E-state index contributed by atoms with van der Waals surface area (Å²) in [6, 6.07) is 14.8. The molecule has 5 nitrogen and oxygen atoms in total. The Balaban J connectivity index is 1.47. The fourth-order valence-corrected chi connectivity index (χ4v) is 2.85. The highest BCUT2D eigenvalue weighted by molar-refractivity contribution is 6.33. The number of methoxy groups -OCH3 is 1. The van der Waals surface area contributed by atoms with Crippen LogP contribution in [0.4, 0.5) is 0 Å². The smallest absolute Gasteiger partial charge is 0.252 e. The zero-order chi connectivity index (χ0) is 17.6. The van der Waals surface area contributed by atoms with Gasteiger partial charge in [-0.05, 0) is 29.8 Å². The molecule has 1 aliphatic rings. The molecule has 0 bridgehead atoms. The van der Waals surface area contributed by atoms with Crippen LogP contribution in [0, 0.1) is 0 Å². The molecule has 0 fully saturated rings. The number of halogens is 1. The second kappa shape index (κ2) is 8.03. The molecule has 1 amide bonds. The predicted octanol–water partition coefficient (Wildman–Crippen LogP) is 3.47. The number of rotatable bonds is 6. The van der Waals surface area contributed by atoms with Crippen molar-refractivity contribution in [3.63, 3.8) is 0 Å². The number of nitrogens with one attached hydrogen (secondary N) is 1. The summed E-state index contributed by atoms with van der Waals surface area (Å²) >= 11 is 6.03. The van der Waals surface area contributed by atoms with Gasteiger partial charge in [0.05, 0.1) is 30.0 Å². The van der Waals surface area contributed by atoms with Gasteiger partial charge in [0.2, 0.25) is 0 Å². The van der Waals surface area contributed by atoms with Crippen LogP contribution in [0.15, 0.2) is 53.7 Å². The molecule has 1 atom stereocenters. The number of nitrogens with zero attached hydrogens (tertiary/aromatic N) is 1. The zero-order valence-corrected chi connectivity index (χ0v) is 14.6. The van der Waals surface area contributed by atoms with Crippen LogP contribution in [0.25, 0.3) is 0 Å². The number of hydrogen-bond acceptors (Lipinski definition) is 4. The molecule has 0 spiro atoms. The first-order chi connectivity index (χ1) is 12.2. The lowest BCUT2D eigenvalue weighted by Crippen LogP contribution is -2.32. The number of benzene rings is 2. The highest BCUT2D eigenvalue weighted by Crippen LogP contribution is 2.18. The van der Waals surface area contributed by atoms with E-state index in [4.69, 9.17) is 21.2 Å². The van der Waals surface area contributed by atoms with Crippen LogP contribution >= 0.6 is 11.6 Å². The van der Waals surface area contributed by atoms with Gasteiger partial charge < -0.3 is 14.9 Å². The SMILES string of the molecule is COc1ccc(CC2=NOC(CNC(=O)c3ccccc3Cl)C2)cc1. The van der Waals surface area contributed by atoms with Crippen LogP contribution in [0.2, 0.25) is 5.02 Å². The van der Waals surface area contributed by atoms with E-state index in [2.05, 4.69) is 10.5 Å². The molecule has 130 valence electrons. The first-order valence-corrected chi connectivity index (χ1v) is 8.40. The molecule has 0 aromatic heterocycles. The molecule has 25 heavy (non-hydrogen) atoms. The molecule has 0 saturated carbocycles. The standard InChI is InChI=1S/C19H19ClN2O3/c1-24-15-8-6-13(7-9-15)10-14-11-16(25-22-14)12-21-19(23)17-4-2-3-5-18(17)20/h2-9,16H,10-12H2,1H3,(H,21,23). The summed E-state index contributed by atoms with van der Waals surface area (Å²) in [6.07, 6.45) is 1.26. The Kier molecular flexibility index (Phi) is 5.56. The van der Waals surface area contributed by atoms with Gasteiger partial charge in [0, 0.05) is 12.8 Å². The summed E-state index contributed by atoms with van der Waals surface area (Å²) in [4.78, 5) is 17.6. The van der Waals surface area contributed by atoms with E-state index in [9.17, 15) is 4.79 Å². The van der Waals surface area contributed by atoms with Crippen LogP contribution in [0.1, 0.15) is 22.3 Å². The monoisotopic (exact) mass is 358 g/mol. The van der Waals surface area contributed by atoms with E-state index in [-0.39, 0.29) is 12.0 Å². The van der Waals surface area contributed by atoms with Gasteiger partial charge in [0.15, 0.2) is 0 Å². The van der Waals surface area contributed by atoms with E-state index in [0.717, 1.165) is 23.4 Å². The third kappa shape index (κ3) is 4.51. The van der Waals surface area contributed by atoms with Crippen molar-refractivity contribution in [2.75, 3.05) is 13.7 Å². The summed E-state index contributed by atoms with van der Waals surface area (Å²) in [5.41, 5.74) is 2.56. The van der Waals surface area contributed by atoms with Gasteiger partial charge in [-0.15, -0.1) is 0 Å². The molecule has 3 rings (SSSR count). The van der Waals surface area contributed by atoms with Gasteiger partial charge in [0.1, 0.15) is 11.9 Å². The normalized spacial score (nSPS) is 16.1. The van der Waals surface area contributed by atoms with Crippen molar-refractivity contribution in [3.8, 4) is 5.75 Å². The van der Waals surface area contributed by atoms with Crippen molar-refractivity contribution in [2.45, 2.75) is 18.9 Å². The molecule has 1 aliphatic heterocycles. The van der Waals surface area contributed by atoms with E-state index in [1.807, 2.05) is 24.3 Å². The molecule has 0 radical (unpaired) electrons. The first kappa shape index (κ1) is 17.3. The molecule has 1 N–H and O–H groups in total. The van der Waals surface area contributed by atoms with Gasteiger partial charge in [0.25, 0.3) is 5.91 Å². The number of carbonyl (C=O) groups excluding carboxylic acids is 1. The van der Waals surface area contributed by atoms with E-state index >= 15 is 0 Å². The summed E-state index contributed by atoms with van der Waals surface area (Å²) in [6.45, 7) is 0.389. The second-order valence-electron chi connectivity index (χ2n) is 5.80. The lowest BCUT2D eigenvalue weighted by atomic mass is 10.0. The van der Waals surface area contributed by atoms with Gasteiger partial charge in [-0.3, -0.25) is 4.79 Å². The van der Waals surface area contributed by atoms with E-state index in [1.54, 1.807) is 31.4 Å². The minimum atomic E-state index is -0.210. The number of hydrogen-bond donors (Lipinski definition) is 1. The fourth-order valence-electron chi connectivity index (χ4n) is 2.63. The average molecular weight is 359 g/mol. The van der Waals surface area contributed by atoms with Gasteiger partial charge in [-0.2, -0.15) is 0 Å². The molecular weight excluding hydrogens is 340 g/mol. The van der Waals surface area contributed by atoms with Crippen LogP contribution in [-0.4, -0.2) is 31.4 Å². The first-order valence-electron chi connectivity index (χ1n) is 8.03. The average Bonchev–Trinajstić information content (AvgIpc) is 3.08. The van der Waals surface area contributed by atoms with Crippen molar-refractivity contribution in [2.24, 2.45) is 5.16 Å². The summed E-state index contributed by atoms with van der Waals surface area (Å²) in [5, 5.41) is 7.41. The summed E-state index contributed by atoms with van der Waals surface area (Å²) < 4.78 is 5.15. The van der Waals surface area contributed by atoms with E-state index < -0.39 is 0 Å². The summed E-state index contributed by atoms with van der Waals surface area (Å²) in [5.74, 6) is 0.617. The lowest BCUT2D eigenvalue weighted by molar-refractivity contribution is 0.0753. The van der Waals surface area contributed by atoms with Crippen LogP contribution < -0.4 is 10.1 Å². The molecule has 6 heteroatoms. The number of ether oxygens (including phenoxy) is 1. The molecule has 0 saturated heterocycles. The fraction of sp³-hybridized carbons (Fsp3) is 0.263. The minimum Gasteiger partial charge on any atom is -0.497 e. The Labute approximate surface area is 151 Å². The highest BCUT2D eigenvalue weighted by atomic mass is 35.5. The Bertz CT molecular complexity index is 774. The van der Waals surface area contributed by atoms with Crippen molar-refractivity contribution in [3.05, 3.63) is 64.7 Å². The Morgan fingerprint density at radius 3 is 2.76 bits per heavy atom. The maximum absolute atomic E-state index is 12.2. The maximum Gasteiger partial charge on any atom is 0.252 e. The van der Waals surface area contributed by atoms with Crippen molar-refractivity contribution < 1.29 is 14.4 Å². The summed E-state index contributed by atoms with van der Waals surface area (Å²) in [7, 11) is 1.64. The highest BCUT2D eigenvalue weighted by Gasteiger charge is 2.22. The molecule has 0 aliphatic carbocycles. The number of carbonyl (C=O) groups is 1. The number of amides is 1. The zero-order valence-electron chi connectivity index (χ0n) is 13.9. The molecule has 1 heterocycles. The van der Waals surface area contributed by atoms with E-state index in [1.165, 1.54) is 0 Å². The quantitative estimate of drug-likeness (QED) is 0.860. The van der Waals surface area contributed by atoms with Crippen LogP contribution in [0.5, 0.6) is 5.75 Å². The second-order valence-corrected chi connectivity index (χ2v) is 6.21. The van der Waals surface area contributed by atoms with Crippen molar-refractivity contribution >= 4 is 23.2 Å². The van der Waals surface area contributed by atoms with Gasteiger partial charge in [-0.25, -0.2) is 0 Å².